The van der Waals surface area contributed by atoms with Crippen LogP contribution in [-0.2, 0) is 9.53 Å². The van der Waals surface area contributed by atoms with Gasteiger partial charge in [-0.2, -0.15) is 4.98 Å². The summed E-state index contributed by atoms with van der Waals surface area (Å²) in [6, 6.07) is 10.9. The van der Waals surface area contributed by atoms with Crippen LogP contribution in [0.2, 0.25) is 0 Å². The second-order valence-corrected chi connectivity index (χ2v) is 8.92. The van der Waals surface area contributed by atoms with Gasteiger partial charge in [-0.3, -0.25) is 4.79 Å². The topological polar surface area (TPSA) is 134 Å². The van der Waals surface area contributed by atoms with Crippen molar-refractivity contribution in [2.45, 2.75) is 25.6 Å². The number of carbonyl (C=O) groups excluding carboxylic acids is 1. The van der Waals surface area contributed by atoms with Crippen molar-refractivity contribution in [3.8, 4) is 5.75 Å². The Balaban J connectivity index is 1.28. The Morgan fingerprint density at radius 2 is 2.00 bits per heavy atom. The molecule has 2 aliphatic heterocycles. The number of nitrogens with zero attached hydrogens (tertiary/aromatic N) is 4. The monoisotopic (exact) mass is 495 g/mol. The van der Waals surface area contributed by atoms with E-state index < -0.39 is 11.4 Å². The van der Waals surface area contributed by atoms with Crippen LogP contribution in [-0.4, -0.2) is 64.0 Å². The molecule has 1 unspecified atom stereocenters. The SMILES string of the molecule is CC1(C)Oc2ccc(Nc3nc(Nc4ccc(N5CCOC(CO)C5)cc4)ncc3F)nc2NC1=O. The Morgan fingerprint density at radius 3 is 2.78 bits per heavy atom. The van der Waals surface area contributed by atoms with Crippen molar-refractivity contribution >= 4 is 40.7 Å². The van der Waals surface area contributed by atoms with E-state index in [1.165, 1.54) is 0 Å². The van der Waals surface area contributed by atoms with Crippen molar-refractivity contribution in [3.05, 3.63) is 48.4 Å². The zero-order valence-corrected chi connectivity index (χ0v) is 19.8. The molecule has 36 heavy (non-hydrogen) atoms. The number of amides is 1. The maximum absolute atomic E-state index is 14.4. The molecule has 11 nitrogen and oxygen atoms in total. The van der Waals surface area contributed by atoms with Crippen LogP contribution >= 0.6 is 0 Å². The maximum atomic E-state index is 14.4. The number of aliphatic hydroxyl groups is 1. The predicted octanol–water partition coefficient (Wildman–Crippen LogP) is 2.80. The first kappa shape index (κ1) is 23.7. The molecule has 4 heterocycles. The highest BCUT2D eigenvalue weighted by atomic mass is 19.1. The molecule has 0 bridgehead atoms. The number of morpholine rings is 1. The zero-order valence-electron chi connectivity index (χ0n) is 19.8. The molecule has 2 aliphatic rings. The van der Waals surface area contributed by atoms with E-state index in [2.05, 4.69) is 35.8 Å². The summed E-state index contributed by atoms with van der Waals surface area (Å²) in [5, 5.41) is 17.9. The number of ether oxygens (including phenoxy) is 2. The number of anilines is 6. The maximum Gasteiger partial charge on any atom is 0.269 e. The summed E-state index contributed by atoms with van der Waals surface area (Å²) < 4.78 is 25.6. The Hall–Kier alpha value is -4.03. The van der Waals surface area contributed by atoms with E-state index in [9.17, 15) is 14.3 Å². The van der Waals surface area contributed by atoms with Crippen LogP contribution in [0.4, 0.5) is 39.2 Å². The van der Waals surface area contributed by atoms with Crippen LogP contribution in [0.3, 0.4) is 0 Å². The summed E-state index contributed by atoms with van der Waals surface area (Å²) in [7, 11) is 0. The molecule has 0 aliphatic carbocycles. The number of rotatable bonds is 6. The molecule has 0 spiro atoms. The number of aromatic nitrogens is 3. The normalized spacial score (nSPS) is 18.6. The lowest BCUT2D eigenvalue weighted by Crippen LogP contribution is -2.46. The minimum absolute atomic E-state index is 0.0179. The number of hydrogen-bond acceptors (Lipinski definition) is 10. The van der Waals surface area contributed by atoms with E-state index in [-0.39, 0.29) is 42.0 Å². The van der Waals surface area contributed by atoms with Crippen molar-refractivity contribution in [2.24, 2.45) is 0 Å². The highest BCUT2D eigenvalue weighted by Crippen LogP contribution is 2.33. The Morgan fingerprint density at radius 1 is 1.19 bits per heavy atom. The highest BCUT2D eigenvalue weighted by molar-refractivity contribution is 5.99. The average Bonchev–Trinajstić information content (AvgIpc) is 2.87. The molecular formula is C24H26FN7O4. The molecule has 0 radical (unpaired) electrons. The Kier molecular flexibility index (Phi) is 6.29. The molecular weight excluding hydrogens is 469 g/mol. The van der Waals surface area contributed by atoms with E-state index in [0.717, 1.165) is 24.1 Å². The van der Waals surface area contributed by atoms with Crippen LogP contribution in [0.1, 0.15) is 13.8 Å². The fourth-order valence-corrected chi connectivity index (χ4v) is 3.85. The quantitative estimate of drug-likeness (QED) is 0.404. The molecule has 1 atom stereocenters. The number of nitrogens with one attached hydrogen (secondary N) is 3. The summed E-state index contributed by atoms with van der Waals surface area (Å²) in [6.07, 6.45) is 0.857. The summed E-state index contributed by atoms with van der Waals surface area (Å²) >= 11 is 0. The number of benzene rings is 1. The molecule has 2 aromatic heterocycles. The molecule has 4 N–H and O–H groups in total. The third kappa shape index (κ3) is 4.99. The molecule has 1 fully saturated rings. The average molecular weight is 496 g/mol. The standard InChI is InChI=1S/C24H26FN7O4/c1-24(2)22(34)30-21-18(36-24)7-8-19(29-21)28-20-17(25)11-26-23(31-20)27-14-3-5-15(6-4-14)32-9-10-35-16(12-32)13-33/h3-8,11,16,33H,9-10,12-13H2,1-2H3,(H3,26,27,28,29,30,31,34). The van der Waals surface area contributed by atoms with E-state index in [4.69, 9.17) is 9.47 Å². The van der Waals surface area contributed by atoms with Crippen molar-refractivity contribution < 1.29 is 23.8 Å². The van der Waals surface area contributed by atoms with Gasteiger partial charge < -0.3 is 35.4 Å². The molecule has 1 saturated heterocycles. The van der Waals surface area contributed by atoms with Crippen LogP contribution in [0, 0.1) is 5.82 Å². The number of pyridine rings is 1. The zero-order chi connectivity index (χ0) is 25.3. The Bertz CT molecular complexity index is 1270. The lowest BCUT2D eigenvalue weighted by Gasteiger charge is -2.33. The van der Waals surface area contributed by atoms with Gasteiger partial charge in [0.2, 0.25) is 5.95 Å². The smallest absolute Gasteiger partial charge is 0.269 e. The molecule has 0 saturated carbocycles. The highest BCUT2D eigenvalue weighted by Gasteiger charge is 2.36. The molecule has 12 heteroatoms. The third-order valence-corrected chi connectivity index (χ3v) is 5.82. The first-order valence-electron chi connectivity index (χ1n) is 11.5. The fraction of sp³-hybridized carbons (Fsp3) is 0.333. The second kappa shape index (κ2) is 9.55. The van der Waals surface area contributed by atoms with Crippen LogP contribution in [0.15, 0.2) is 42.6 Å². The first-order valence-corrected chi connectivity index (χ1v) is 11.5. The van der Waals surface area contributed by atoms with Gasteiger partial charge in [0.1, 0.15) is 5.82 Å². The van der Waals surface area contributed by atoms with Crippen molar-refractivity contribution in [1.29, 1.82) is 0 Å². The minimum Gasteiger partial charge on any atom is -0.474 e. The Labute approximate surface area is 206 Å². The van der Waals surface area contributed by atoms with Crippen molar-refractivity contribution in [3.63, 3.8) is 0 Å². The van der Waals surface area contributed by atoms with Gasteiger partial charge in [0, 0.05) is 24.5 Å². The van der Waals surface area contributed by atoms with Gasteiger partial charge in [0.05, 0.1) is 25.5 Å². The lowest BCUT2D eigenvalue weighted by atomic mass is 10.1. The van der Waals surface area contributed by atoms with Crippen LogP contribution in [0.5, 0.6) is 5.75 Å². The number of carbonyl (C=O) groups is 1. The summed E-state index contributed by atoms with van der Waals surface area (Å²) in [5.41, 5.74) is 0.714. The van der Waals surface area contributed by atoms with Gasteiger partial charge in [0.25, 0.3) is 5.91 Å². The predicted molar refractivity (Wildman–Crippen MR) is 132 cm³/mol. The summed E-state index contributed by atoms with van der Waals surface area (Å²) in [5.74, 6) is 0.0515. The number of aliphatic hydroxyl groups excluding tert-OH is 1. The van der Waals surface area contributed by atoms with E-state index in [1.807, 2.05) is 24.3 Å². The van der Waals surface area contributed by atoms with Crippen LogP contribution in [0.25, 0.3) is 0 Å². The molecule has 5 rings (SSSR count). The van der Waals surface area contributed by atoms with Gasteiger partial charge in [-0.1, -0.05) is 0 Å². The largest absolute Gasteiger partial charge is 0.474 e. The first-order chi connectivity index (χ1) is 17.3. The minimum atomic E-state index is -1.01. The third-order valence-electron chi connectivity index (χ3n) is 5.82. The second-order valence-electron chi connectivity index (χ2n) is 8.92. The van der Waals surface area contributed by atoms with E-state index >= 15 is 0 Å². The molecule has 188 valence electrons. The van der Waals surface area contributed by atoms with Crippen molar-refractivity contribution in [2.75, 3.05) is 47.2 Å². The fourth-order valence-electron chi connectivity index (χ4n) is 3.85. The molecule has 1 aromatic carbocycles. The van der Waals surface area contributed by atoms with Gasteiger partial charge in [-0.15, -0.1) is 0 Å². The number of halogens is 1. The molecule has 1 amide bonds. The summed E-state index contributed by atoms with van der Waals surface area (Å²) in [6.45, 7) is 5.21. The van der Waals surface area contributed by atoms with Gasteiger partial charge in [-0.05, 0) is 50.2 Å². The van der Waals surface area contributed by atoms with Crippen molar-refractivity contribution in [1.82, 2.24) is 15.0 Å². The summed E-state index contributed by atoms with van der Waals surface area (Å²) in [4.78, 5) is 26.8. The van der Waals surface area contributed by atoms with Crippen LogP contribution < -0.4 is 25.6 Å². The van der Waals surface area contributed by atoms with Gasteiger partial charge >= 0.3 is 0 Å². The number of fused-ring (bicyclic) bond motifs is 1. The number of hydrogen-bond donors (Lipinski definition) is 4. The molecule has 3 aromatic rings. The van der Waals surface area contributed by atoms with Gasteiger partial charge in [-0.25, -0.2) is 14.4 Å². The van der Waals surface area contributed by atoms with Gasteiger partial charge in [0.15, 0.2) is 28.8 Å². The lowest BCUT2D eigenvalue weighted by molar-refractivity contribution is -0.129. The van der Waals surface area contributed by atoms with E-state index in [1.54, 1.807) is 26.0 Å². The van der Waals surface area contributed by atoms with E-state index in [0.29, 0.717) is 18.9 Å².